The molecule has 9 heteroatoms. The lowest BCUT2D eigenvalue weighted by Crippen LogP contribution is -2.16. The Morgan fingerprint density at radius 3 is 2.56 bits per heavy atom. The third-order valence-corrected chi connectivity index (χ3v) is 3.51. The lowest BCUT2D eigenvalue weighted by Gasteiger charge is -2.07. The molecule has 3 aromatic rings. The number of rotatable bonds is 5. The first-order chi connectivity index (χ1) is 12.0. The third-order valence-electron chi connectivity index (χ3n) is 3.51. The molecule has 0 saturated heterocycles. The van der Waals surface area contributed by atoms with Gasteiger partial charge in [-0.1, -0.05) is 5.10 Å². The molecule has 0 saturated carbocycles. The number of hydrogen-bond acceptors (Lipinski definition) is 7. The molecule has 0 spiro atoms. The number of amides is 1. The smallest absolute Gasteiger partial charge is 0.322 e. The van der Waals surface area contributed by atoms with Gasteiger partial charge in [0, 0.05) is 12.6 Å². The van der Waals surface area contributed by atoms with Crippen molar-refractivity contribution in [2.75, 3.05) is 19.5 Å². The molecule has 1 amide bonds. The SMILES string of the molecule is COc1ccc(-c2nnc(NC(=O)c3cc(C)nn3C)o2)cc1OC. The summed E-state index contributed by atoms with van der Waals surface area (Å²) in [5, 5.41) is 14.5. The molecule has 0 radical (unpaired) electrons. The molecule has 1 aromatic carbocycles. The van der Waals surface area contributed by atoms with Gasteiger partial charge in [0.1, 0.15) is 5.69 Å². The van der Waals surface area contributed by atoms with E-state index in [1.165, 1.54) is 11.8 Å². The zero-order valence-corrected chi connectivity index (χ0v) is 14.2. The van der Waals surface area contributed by atoms with Gasteiger partial charge >= 0.3 is 6.01 Å². The van der Waals surface area contributed by atoms with Crippen LogP contribution in [0, 0.1) is 6.92 Å². The summed E-state index contributed by atoms with van der Waals surface area (Å²) in [4.78, 5) is 12.2. The monoisotopic (exact) mass is 343 g/mol. The minimum absolute atomic E-state index is 0.00589. The summed E-state index contributed by atoms with van der Waals surface area (Å²) in [5.74, 6) is 0.989. The standard InChI is InChI=1S/C16H17N5O4/c1-9-7-11(21(2)20-9)14(22)17-16-19-18-15(25-16)10-5-6-12(23-3)13(8-10)24-4/h5-8H,1-4H3,(H,17,19,22). The normalized spacial score (nSPS) is 10.6. The van der Waals surface area contributed by atoms with E-state index >= 15 is 0 Å². The van der Waals surface area contributed by atoms with Crippen molar-refractivity contribution in [3.63, 3.8) is 0 Å². The van der Waals surface area contributed by atoms with E-state index in [0.717, 1.165) is 5.69 Å². The van der Waals surface area contributed by atoms with Crippen LogP contribution in [0.4, 0.5) is 6.01 Å². The number of ether oxygens (including phenoxy) is 2. The highest BCUT2D eigenvalue weighted by Gasteiger charge is 2.17. The number of benzene rings is 1. The predicted octanol–water partition coefficient (Wildman–Crippen LogP) is 2.05. The molecule has 0 aliphatic rings. The number of methoxy groups -OCH3 is 2. The van der Waals surface area contributed by atoms with Crippen molar-refractivity contribution in [1.82, 2.24) is 20.0 Å². The Morgan fingerprint density at radius 2 is 1.92 bits per heavy atom. The van der Waals surface area contributed by atoms with Crippen LogP contribution in [-0.2, 0) is 7.05 Å². The van der Waals surface area contributed by atoms with Crippen LogP contribution in [0.1, 0.15) is 16.2 Å². The van der Waals surface area contributed by atoms with E-state index in [0.29, 0.717) is 22.8 Å². The second kappa shape index (κ2) is 6.63. The van der Waals surface area contributed by atoms with Gasteiger partial charge in [-0.25, -0.2) is 0 Å². The lowest BCUT2D eigenvalue weighted by molar-refractivity contribution is 0.101. The first-order valence-corrected chi connectivity index (χ1v) is 7.39. The van der Waals surface area contributed by atoms with Gasteiger partial charge in [0.05, 0.1) is 19.9 Å². The maximum atomic E-state index is 12.2. The molecule has 0 aliphatic carbocycles. The molecule has 0 atom stereocenters. The molecule has 0 bridgehead atoms. The lowest BCUT2D eigenvalue weighted by atomic mass is 10.2. The first kappa shape index (κ1) is 16.5. The molecular formula is C16H17N5O4. The molecule has 130 valence electrons. The Labute approximate surface area is 143 Å². The highest BCUT2D eigenvalue weighted by Crippen LogP contribution is 2.32. The van der Waals surface area contributed by atoms with E-state index in [4.69, 9.17) is 13.9 Å². The van der Waals surface area contributed by atoms with Crippen molar-refractivity contribution in [3.05, 3.63) is 35.7 Å². The minimum atomic E-state index is -0.384. The highest BCUT2D eigenvalue weighted by molar-refractivity contribution is 6.01. The van der Waals surface area contributed by atoms with Gasteiger partial charge in [-0.15, -0.1) is 5.10 Å². The summed E-state index contributed by atoms with van der Waals surface area (Å²) in [6.07, 6.45) is 0. The second-order valence-corrected chi connectivity index (χ2v) is 5.23. The average molecular weight is 343 g/mol. The van der Waals surface area contributed by atoms with Crippen LogP contribution in [0.25, 0.3) is 11.5 Å². The molecule has 9 nitrogen and oxygen atoms in total. The van der Waals surface area contributed by atoms with Gasteiger partial charge in [-0.3, -0.25) is 14.8 Å². The fourth-order valence-corrected chi connectivity index (χ4v) is 2.34. The molecule has 0 unspecified atom stereocenters. The van der Waals surface area contributed by atoms with Crippen molar-refractivity contribution in [2.45, 2.75) is 6.92 Å². The number of aryl methyl sites for hydroxylation is 2. The Hall–Kier alpha value is -3.36. The molecule has 0 aliphatic heterocycles. The summed E-state index contributed by atoms with van der Waals surface area (Å²) >= 11 is 0. The van der Waals surface area contributed by atoms with E-state index in [9.17, 15) is 4.79 Å². The Balaban J connectivity index is 1.81. The van der Waals surface area contributed by atoms with Crippen LogP contribution in [0.15, 0.2) is 28.7 Å². The fourth-order valence-electron chi connectivity index (χ4n) is 2.34. The quantitative estimate of drug-likeness (QED) is 0.756. The summed E-state index contributed by atoms with van der Waals surface area (Å²) in [6, 6.07) is 6.86. The van der Waals surface area contributed by atoms with Crippen molar-refractivity contribution >= 4 is 11.9 Å². The Morgan fingerprint density at radius 1 is 1.16 bits per heavy atom. The van der Waals surface area contributed by atoms with Crippen molar-refractivity contribution in [1.29, 1.82) is 0 Å². The van der Waals surface area contributed by atoms with Crippen molar-refractivity contribution in [3.8, 4) is 23.0 Å². The molecule has 2 aromatic heterocycles. The number of carbonyl (C=O) groups is 1. The van der Waals surface area contributed by atoms with Crippen LogP contribution in [0.2, 0.25) is 0 Å². The molecular weight excluding hydrogens is 326 g/mol. The van der Waals surface area contributed by atoms with Crippen molar-refractivity contribution in [2.24, 2.45) is 7.05 Å². The average Bonchev–Trinajstić information content (AvgIpc) is 3.20. The van der Waals surface area contributed by atoms with Gasteiger partial charge < -0.3 is 13.9 Å². The minimum Gasteiger partial charge on any atom is -0.493 e. The third kappa shape index (κ3) is 3.30. The van der Waals surface area contributed by atoms with Gasteiger partial charge in [0.15, 0.2) is 11.5 Å². The summed E-state index contributed by atoms with van der Waals surface area (Å²) in [6.45, 7) is 1.80. The number of nitrogens with one attached hydrogen (secondary N) is 1. The molecule has 0 fully saturated rings. The van der Waals surface area contributed by atoms with E-state index in [-0.39, 0.29) is 17.8 Å². The number of hydrogen-bond donors (Lipinski definition) is 1. The summed E-state index contributed by atoms with van der Waals surface area (Å²) in [7, 11) is 4.78. The summed E-state index contributed by atoms with van der Waals surface area (Å²) in [5.41, 5.74) is 1.77. The van der Waals surface area contributed by atoms with Crippen LogP contribution < -0.4 is 14.8 Å². The Bertz CT molecular complexity index is 915. The largest absolute Gasteiger partial charge is 0.493 e. The van der Waals surface area contributed by atoms with Crippen LogP contribution in [0.3, 0.4) is 0 Å². The molecule has 1 N–H and O–H groups in total. The topological polar surface area (TPSA) is 104 Å². The van der Waals surface area contributed by atoms with Gasteiger partial charge in [-0.05, 0) is 31.2 Å². The van der Waals surface area contributed by atoms with E-state index in [1.807, 2.05) is 0 Å². The van der Waals surface area contributed by atoms with Gasteiger partial charge in [-0.2, -0.15) is 5.10 Å². The predicted molar refractivity (Wildman–Crippen MR) is 88.7 cm³/mol. The molecule has 2 heterocycles. The van der Waals surface area contributed by atoms with E-state index < -0.39 is 0 Å². The van der Waals surface area contributed by atoms with Gasteiger partial charge in [0.25, 0.3) is 5.91 Å². The van der Waals surface area contributed by atoms with Gasteiger partial charge in [0.2, 0.25) is 5.89 Å². The van der Waals surface area contributed by atoms with Crippen molar-refractivity contribution < 1.29 is 18.7 Å². The van der Waals surface area contributed by atoms with E-state index in [2.05, 4.69) is 20.6 Å². The number of anilines is 1. The number of nitrogens with zero attached hydrogens (tertiary/aromatic N) is 4. The second-order valence-electron chi connectivity index (χ2n) is 5.23. The summed E-state index contributed by atoms with van der Waals surface area (Å²) < 4.78 is 17.4. The fraction of sp³-hybridized carbons (Fsp3) is 0.250. The van der Waals surface area contributed by atoms with E-state index in [1.54, 1.807) is 45.3 Å². The first-order valence-electron chi connectivity index (χ1n) is 7.39. The Kier molecular flexibility index (Phi) is 4.38. The maximum absolute atomic E-state index is 12.2. The number of carbonyl (C=O) groups excluding carboxylic acids is 1. The number of aromatic nitrogens is 4. The molecule has 3 rings (SSSR count). The van der Waals surface area contributed by atoms with Crippen LogP contribution >= 0.6 is 0 Å². The maximum Gasteiger partial charge on any atom is 0.322 e. The zero-order valence-electron chi connectivity index (χ0n) is 14.2. The van der Waals surface area contributed by atoms with Crippen LogP contribution in [0.5, 0.6) is 11.5 Å². The zero-order chi connectivity index (χ0) is 18.0. The van der Waals surface area contributed by atoms with Crippen LogP contribution in [-0.4, -0.2) is 40.1 Å². The highest BCUT2D eigenvalue weighted by atomic mass is 16.5. The molecule has 25 heavy (non-hydrogen) atoms.